The van der Waals surface area contributed by atoms with Gasteiger partial charge in [0.05, 0.1) is 29.4 Å². The number of amides is 1. The molecule has 0 unspecified atom stereocenters. The average molecular weight is 404 g/mol. The first-order valence-electron chi connectivity index (χ1n) is 8.57. The van der Waals surface area contributed by atoms with Gasteiger partial charge in [-0.1, -0.05) is 12.1 Å². The first-order chi connectivity index (χ1) is 12.9. The first-order valence-corrected chi connectivity index (χ1v) is 11.0. The Morgan fingerprint density at radius 3 is 2.56 bits per heavy atom. The van der Waals surface area contributed by atoms with Crippen molar-refractivity contribution < 1.29 is 17.6 Å². The molecule has 0 atom stereocenters. The molecule has 0 saturated carbocycles. The number of hydrogen-bond acceptors (Lipinski definition) is 5. The molecule has 1 aromatic carbocycles. The lowest BCUT2D eigenvalue weighted by atomic mass is 10.1. The molecular weight excluding hydrogens is 382 g/mol. The highest BCUT2D eigenvalue weighted by atomic mass is 32.2. The van der Waals surface area contributed by atoms with Crippen molar-refractivity contribution in [1.82, 2.24) is 5.32 Å². The summed E-state index contributed by atoms with van der Waals surface area (Å²) < 4.78 is 29.6. The van der Waals surface area contributed by atoms with Crippen molar-refractivity contribution in [2.45, 2.75) is 37.0 Å². The van der Waals surface area contributed by atoms with Crippen LogP contribution >= 0.6 is 11.3 Å². The van der Waals surface area contributed by atoms with Crippen LogP contribution in [0.2, 0.25) is 0 Å². The zero-order chi connectivity index (χ0) is 19.4. The van der Waals surface area contributed by atoms with E-state index in [-0.39, 0.29) is 17.2 Å². The summed E-state index contributed by atoms with van der Waals surface area (Å²) in [6.07, 6.45) is 1.84. The lowest BCUT2D eigenvalue weighted by molar-refractivity contribution is -0.120. The molecule has 2 heterocycles. The quantitative estimate of drug-likeness (QED) is 0.646. The van der Waals surface area contributed by atoms with Gasteiger partial charge in [-0.05, 0) is 49.7 Å². The molecule has 0 aliphatic heterocycles. The molecule has 0 aliphatic rings. The maximum atomic E-state index is 12.2. The van der Waals surface area contributed by atoms with Gasteiger partial charge >= 0.3 is 0 Å². The van der Waals surface area contributed by atoms with Gasteiger partial charge in [-0.2, -0.15) is 0 Å². The summed E-state index contributed by atoms with van der Waals surface area (Å²) in [5.41, 5.74) is 1.77. The van der Waals surface area contributed by atoms with E-state index in [4.69, 9.17) is 4.42 Å². The summed E-state index contributed by atoms with van der Waals surface area (Å²) in [4.78, 5) is 13.5. The molecule has 142 valence electrons. The Balaban J connectivity index is 1.55. The Morgan fingerprint density at radius 1 is 1.19 bits per heavy atom. The summed E-state index contributed by atoms with van der Waals surface area (Å²) >= 11 is 1.56. The minimum Gasteiger partial charge on any atom is -0.464 e. The van der Waals surface area contributed by atoms with E-state index in [0.29, 0.717) is 6.54 Å². The molecule has 7 heteroatoms. The Bertz CT molecular complexity index is 1000. The maximum absolute atomic E-state index is 12.2. The first kappa shape index (κ1) is 19.4. The molecular formula is C20H21NO4S2. The van der Waals surface area contributed by atoms with E-state index in [1.807, 2.05) is 23.6 Å². The van der Waals surface area contributed by atoms with E-state index in [0.717, 1.165) is 21.8 Å². The van der Waals surface area contributed by atoms with E-state index >= 15 is 0 Å². The van der Waals surface area contributed by atoms with Crippen molar-refractivity contribution in [2.24, 2.45) is 0 Å². The summed E-state index contributed by atoms with van der Waals surface area (Å²) in [5.74, 6) is 0.697. The van der Waals surface area contributed by atoms with E-state index in [1.165, 1.54) is 0 Å². The standard InChI is InChI=1S/C20H21NO4S2/c1-14(2)27(23,24)18-7-5-15(6-8-18)10-20(22)21-12-17-11-16(13-26-17)19-4-3-9-25-19/h3-9,11,13-14H,10,12H2,1-2H3,(H,21,22). The number of rotatable bonds is 7. The predicted octanol–water partition coefficient (Wildman–Crippen LogP) is 4.05. The van der Waals surface area contributed by atoms with Crippen LogP contribution in [0.5, 0.6) is 0 Å². The molecule has 5 nitrogen and oxygen atoms in total. The number of furan rings is 1. The van der Waals surface area contributed by atoms with Crippen LogP contribution in [0.25, 0.3) is 11.3 Å². The third kappa shape index (κ3) is 4.67. The molecule has 0 bridgehead atoms. The fraction of sp³-hybridized carbons (Fsp3) is 0.250. The summed E-state index contributed by atoms with van der Waals surface area (Å²) in [6, 6.07) is 12.2. The van der Waals surface area contributed by atoms with Crippen LogP contribution in [0.4, 0.5) is 0 Å². The molecule has 0 fully saturated rings. The molecule has 27 heavy (non-hydrogen) atoms. The van der Waals surface area contributed by atoms with Crippen LogP contribution < -0.4 is 5.32 Å². The van der Waals surface area contributed by atoms with Gasteiger partial charge in [0.25, 0.3) is 0 Å². The zero-order valence-electron chi connectivity index (χ0n) is 15.1. The molecule has 0 spiro atoms. The summed E-state index contributed by atoms with van der Waals surface area (Å²) in [6.45, 7) is 3.75. The average Bonchev–Trinajstić information content (AvgIpc) is 3.32. The topological polar surface area (TPSA) is 76.4 Å². The smallest absolute Gasteiger partial charge is 0.224 e. The largest absolute Gasteiger partial charge is 0.464 e. The molecule has 0 radical (unpaired) electrons. The van der Waals surface area contributed by atoms with Crippen molar-refractivity contribution in [1.29, 1.82) is 0 Å². The number of carbonyl (C=O) groups excluding carboxylic acids is 1. The Kier molecular flexibility index (Phi) is 5.82. The van der Waals surface area contributed by atoms with Crippen molar-refractivity contribution >= 4 is 27.1 Å². The van der Waals surface area contributed by atoms with Gasteiger partial charge in [-0.25, -0.2) is 8.42 Å². The highest BCUT2D eigenvalue weighted by Crippen LogP contribution is 2.25. The monoisotopic (exact) mass is 403 g/mol. The van der Waals surface area contributed by atoms with Crippen LogP contribution in [0.15, 0.2) is 63.4 Å². The molecule has 1 N–H and O–H groups in total. The summed E-state index contributed by atoms with van der Waals surface area (Å²) in [5, 5.41) is 4.42. The van der Waals surface area contributed by atoms with E-state index < -0.39 is 15.1 Å². The van der Waals surface area contributed by atoms with Crippen LogP contribution in [0.1, 0.15) is 24.3 Å². The Labute approximate surface area is 163 Å². The van der Waals surface area contributed by atoms with Crippen LogP contribution in [0, 0.1) is 0 Å². The lowest BCUT2D eigenvalue weighted by Crippen LogP contribution is -2.24. The van der Waals surface area contributed by atoms with Crippen molar-refractivity contribution in [2.75, 3.05) is 0 Å². The van der Waals surface area contributed by atoms with Gasteiger partial charge in [-0.3, -0.25) is 4.79 Å². The van der Waals surface area contributed by atoms with Gasteiger partial charge < -0.3 is 9.73 Å². The lowest BCUT2D eigenvalue weighted by Gasteiger charge is -2.09. The van der Waals surface area contributed by atoms with E-state index in [1.54, 1.807) is 55.7 Å². The molecule has 3 aromatic rings. The molecule has 0 saturated heterocycles. The van der Waals surface area contributed by atoms with Gasteiger partial charge in [0.1, 0.15) is 5.76 Å². The molecule has 0 aliphatic carbocycles. The fourth-order valence-electron chi connectivity index (χ4n) is 2.55. The SMILES string of the molecule is CC(C)S(=O)(=O)c1ccc(CC(=O)NCc2cc(-c3ccco3)cs2)cc1. The third-order valence-corrected chi connectivity index (χ3v) is 7.26. The minimum atomic E-state index is -3.29. The van der Waals surface area contributed by atoms with Crippen molar-refractivity contribution in [3.05, 3.63) is 64.5 Å². The normalized spacial score (nSPS) is 11.7. The van der Waals surface area contributed by atoms with Gasteiger partial charge in [-0.15, -0.1) is 11.3 Å². The number of nitrogens with one attached hydrogen (secondary N) is 1. The van der Waals surface area contributed by atoms with Gasteiger partial charge in [0.2, 0.25) is 5.91 Å². The van der Waals surface area contributed by atoms with E-state index in [9.17, 15) is 13.2 Å². The van der Waals surface area contributed by atoms with Crippen LogP contribution in [-0.4, -0.2) is 19.6 Å². The minimum absolute atomic E-state index is 0.109. The summed E-state index contributed by atoms with van der Waals surface area (Å²) in [7, 11) is -3.29. The van der Waals surface area contributed by atoms with Crippen molar-refractivity contribution in [3.63, 3.8) is 0 Å². The fourth-order valence-corrected chi connectivity index (χ4v) is 4.42. The highest BCUT2D eigenvalue weighted by molar-refractivity contribution is 7.92. The number of benzene rings is 1. The highest BCUT2D eigenvalue weighted by Gasteiger charge is 2.18. The number of thiophene rings is 1. The Hall–Kier alpha value is -2.38. The number of sulfone groups is 1. The third-order valence-electron chi connectivity index (χ3n) is 4.16. The predicted molar refractivity (Wildman–Crippen MR) is 106 cm³/mol. The van der Waals surface area contributed by atoms with Gasteiger partial charge in [0, 0.05) is 15.8 Å². The number of carbonyl (C=O) groups is 1. The van der Waals surface area contributed by atoms with Crippen molar-refractivity contribution in [3.8, 4) is 11.3 Å². The second kappa shape index (κ2) is 8.10. The molecule has 1 amide bonds. The molecule has 2 aromatic heterocycles. The molecule has 3 rings (SSSR count). The number of hydrogen-bond donors (Lipinski definition) is 1. The Morgan fingerprint density at radius 2 is 1.93 bits per heavy atom. The maximum Gasteiger partial charge on any atom is 0.224 e. The second-order valence-electron chi connectivity index (χ2n) is 6.47. The second-order valence-corrected chi connectivity index (χ2v) is 9.97. The van der Waals surface area contributed by atoms with Crippen LogP contribution in [0.3, 0.4) is 0 Å². The van der Waals surface area contributed by atoms with Crippen LogP contribution in [-0.2, 0) is 27.6 Å². The zero-order valence-corrected chi connectivity index (χ0v) is 16.8. The van der Waals surface area contributed by atoms with Gasteiger partial charge in [0.15, 0.2) is 9.84 Å². The van der Waals surface area contributed by atoms with E-state index in [2.05, 4.69) is 5.32 Å².